The monoisotopic (exact) mass is 397 g/mol. The Morgan fingerprint density at radius 2 is 1.90 bits per heavy atom. The quantitative estimate of drug-likeness (QED) is 0.551. The minimum Gasteiger partial charge on any atom is -0.493 e. The van der Waals surface area contributed by atoms with E-state index in [9.17, 15) is 0 Å². The molecule has 0 amide bonds. The third-order valence-corrected chi connectivity index (χ3v) is 5.28. The first-order valence-corrected chi connectivity index (χ1v) is 10.0. The molecule has 1 saturated heterocycles. The van der Waals surface area contributed by atoms with Gasteiger partial charge in [0.05, 0.1) is 26.9 Å². The van der Waals surface area contributed by atoms with Crippen LogP contribution in [-0.2, 0) is 11.3 Å². The molecular weight excluding hydrogens is 366 g/mol. The summed E-state index contributed by atoms with van der Waals surface area (Å²) in [4.78, 5) is 4.47. The van der Waals surface area contributed by atoms with E-state index in [2.05, 4.69) is 41.5 Å². The first-order chi connectivity index (χ1) is 14.1. The molecule has 156 valence electrons. The Morgan fingerprint density at radius 1 is 1.14 bits per heavy atom. The molecule has 2 aromatic carbocycles. The molecule has 2 unspecified atom stereocenters. The maximum Gasteiger partial charge on any atom is 0.188 e. The molecule has 29 heavy (non-hydrogen) atoms. The second-order valence-electron chi connectivity index (χ2n) is 7.38. The van der Waals surface area contributed by atoms with Crippen LogP contribution < -0.4 is 20.5 Å². The van der Waals surface area contributed by atoms with Crippen LogP contribution in [0.1, 0.15) is 35.6 Å². The first-order valence-electron chi connectivity index (χ1n) is 10.0. The van der Waals surface area contributed by atoms with Gasteiger partial charge < -0.3 is 25.3 Å². The number of hydrogen-bond donors (Lipinski definition) is 2. The van der Waals surface area contributed by atoms with Gasteiger partial charge in [-0.2, -0.15) is 0 Å². The lowest BCUT2D eigenvalue weighted by molar-refractivity contribution is -0.0265. The molecule has 0 bridgehead atoms. The summed E-state index contributed by atoms with van der Waals surface area (Å²) in [5, 5.41) is 3.28. The molecule has 3 rings (SSSR count). The van der Waals surface area contributed by atoms with Gasteiger partial charge in [-0.05, 0) is 43.0 Å². The van der Waals surface area contributed by atoms with Crippen molar-refractivity contribution in [2.24, 2.45) is 16.6 Å². The Balaban J connectivity index is 1.58. The molecule has 0 saturated carbocycles. The van der Waals surface area contributed by atoms with E-state index in [0.29, 0.717) is 29.9 Å². The van der Waals surface area contributed by atoms with Gasteiger partial charge in [-0.15, -0.1) is 0 Å². The second-order valence-corrected chi connectivity index (χ2v) is 7.38. The summed E-state index contributed by atoms with van der Waals surface area (Å²) in [5.41, 5.74) is 9.60. The van der Waals surface area contributed by atoms with Crippen LogP contribution in [-0.4, -0.2) is 33.3 Å². The zero-order valence-electron chi connectivity index (χ0n) is 17.5. The van der Waals surface area contributed by atoms with Crippen molar-refractivity contribution in [1.29, 1.82) is 0 Å². The molecule has 1 heterocycles. The molecule has 1 fully saturated rings. The van der Waals surface area contributed by atoms with Gasteiger partial charge in [-0.3, -0.25) is 0 Å². The van der Waals surface area contributed by atoms with E-state index < -0.39 is 0 Å². The summed E-state index contributed by atoms with van der Waals surface area (Å²) in [6.45, 7) is 4.11. The highest BCUT2D eigenvalue weighted by atomic mass is 16.5. The number of guanidine groups is 1. The highest BCUT2D eigenvalue weighted by molar-refractivity contribution is 5.77. The number of hydrogen-bond acceptors (Lipinski definition) is 4. The van der Waals surface area contributed by atoms with E-state index in [1.807, 2.05) is 18.2 Å². The van der Waals surface area contributed by atoms with Crippen molar-refractivity contribution >= 4 is 5.96 Å². The maximum absolute atomic E-state index is 6.11. The van der Waals surface area contributed by atoms with Gasteiger partial charge in [0, 0.05) is 19.1 Å². The summed E-state index contributed by atoms with van der Waals surface area (Å²) in [5.74, 6) is 2.19. The van der Waals surface area contributed by atoms with Crippen LogP contribution in [0.4, 0.5) is 0 Å². The Kier molecular flexibility index (Phi) is 7.36. The van der Waals surface area contributed by atoms with Crippen LogP contribution in [0.15, 0.2) is 47.5 Å². The minimum absolute atomic E-state index is 0.0931. The summed E-state index contributed by atoms with van der Waals surface area (Å²) in [6.07, 6.45) is 2.27. The molecule has 0 radical (unpaired) electrons. The summed E-state index contributed by atoms with van der Waals surface area (Å²) in [7, 11) is 3.24. The predicted molar refractivity (Wildman–Crippen MR) is 115 cm³/mol. The Labute approximate surface area is 173 Å². The zero-order chi connectivity index (χ0) is 20.6. The molecular formula is C23H31N3O3. The standard InChI is InChI=1S/C23H31N3O3/c1-16-6-9-18(10-7-16)22-19(5-4-12-29-22)15-26-23(24)25-14-17-8-11-20(27-2)21(13-17)28-3/h6-11,13,19,22H,4-5,12,14-15H2,1-3H3,(H3,24,25,26). The normalized spacial score (nSPS) is 19.6. The number of aryl methyl sites for hydroxylation is 1. The topological polar surface area (TPSA) is 78.1 Å². The number of benzene rings is 2. The number of rotatable bonds is 7. The van der Waals surface area contributed by atoms with Crippen molar-refractivity contribution < 1.29 is 14.2 Å². The van der Waals surface area contributed by atoms with Crippen LogP contribution in [0.2, 0.25) is 0 Å². The van der Waals surface area contributed by atoms with Crippen molar-refractivity contribution in [2.45, 2.75) is 32.4 Å². The molecule has 6 nitrogen and oxygen atoms in total. The molecule has 3 N–H and O–H groups in total. The molecule has 2 atom stereocenters. The largest absolute Gasteiger partial charge is 0.493 e. The number of nitrogens with two attached hydrogens (primary N) is 1. The lowest BCUT2D eigenvalue weighted by Crippen LogP contribution is -2.39. The van der Waals surface area contributed by atoms with Crippen LogP contribution in [0.5, 0.6) is 11.5 Å². The maximum atomic E-state index is 6.11. The predicted octanol–water partition coefficient (Wildman–Crippen LogP) is 3.58. The lowest BCUT2D eigenvalue weighted by atomic mass is 9.89. The number of methoxy groups -OCH3 is 2. The van der Waals surface area contributed by atoms with Gasteiger partial charge in [0.1, 0.15) is 0 Å². The van der Waals surface area contributed by atoms with Gasteiger partial charge >= 0.3 is 0 Å². The van der Waals surface area contributed by atoms with Gasteiger partial charge in [-0.25, -0.2) is 4.99 Å². The van der Waals surface area contributed by atoms with E-state index >= 15 is 0 Å². The number of nitrogens with one attached hydrogen (secondary N) is 1. The van der Waals surface area contributed by atoms with Crippen molar-refractivity contribution in [3.05, 3.63) is 59.2 Å². The van der Waals surface area contributed by atoms with E-state index in [1.54, 1.807) is 14.2 Å². The number of nitrogens with zero attached hydrogens (tertiary/aromatic N) is 1. The van der Waals surface area contributed by atoms with E-state index in [1.165, 1.54) is 11.1 Å². The molecule has 2 aromatic rings. The average molecular weight is 398 g/mol. The first kappa shape index (κ1) is 21.0. The van der Waals surface area contributed by atoms with Crippen molar-refractivity contribution in [1.82, 2.24) is 5.32 Å². The minimum atomic E-state index is 0.0931. The van der Waals surface area contributed by atoms with E-state index in [-0.39, 0.29) is 6.10 Å². The zero-order valence-corrected chi connectivity index (χ0v) is 17.5. The number of aliphatic imine (C=N–C) groups is 1. The third-order valence-electron chi connectivity index (χ3n) is 5.28. The van der Waals surface area contributed by atoms with Crippen LogP contribution in [0, 0.1) is 12.8 Å². The van der Waals surface area contributed by atoms with Crippen LogP contribution in [0.3, 0.4) is 0 Å². The summed E-state index contributed by atoms with van der Waals surface area (Å²) in [6, 6.07) is 14.3. The van der Waals surface area contributed by atoms with Gasteiger partial charge in [0.15, 0.2) is 17.5 Å². The summed E-state index contributed by atoms with van der Waals surface area (Å²) >= 11 is 0. The van der Waals surface area contributed by atoms with E-state index in [0.717, 1.165) is 31.6 Å². The fourth-order valence-corrected chi connectivity index (χ4v) is 3.62. The van der Waals surface area contributed by atoms with Crippen molar-refractivity contribution in [2.75, 3.05) is 27.4 Å². The third kappa shape index (κ3) is 5.64. The fraction of sp³-hybridized carbons (Fsp3) is 0.435. The van der Waals surface area contributed by atoms with Gasteiger partial charge in [0.25, 0.3) is 0 Å². The van der Waals surface area contributed by atoms with Crippen molar-refractivity contribution in [3.8, 4) is 11.5 Å². The highest BCUT2D eigenvalue weighted by Gasteiger charge is 2.27. The average Bonchev–Trinajstić information content (AvgIpc) is 2.76. The van der Waals surface area contributed by atoms with E-state index in [4.69, 9.17) is 19.9 Å². The molecule has 1 aliphatic heterocycles. The smallest absolute Gasteiger partial charge is 0.188 e. The SMILES string of the molecule is COc1ccc(CN=C(N)NCC2CCCOC2c2ccc(C)cc2)cc1OC. The molecule has 0 aliphatic carbocycles. The number of ether oxygens (including phenoxy) is 3. The fourth-order valence-electron chi connectivity index (χ4n) is 3.62. The van der Waals surface area contributed by atoms with Crippen molar-refractivity contribution in [3.63, 3.8) is 0 Å². The van der Waals surface area contributed by atoms with Crippen LogP contribution >= 0.6 is 0 Å². The molecule has 6 heteroatoms. The van der Waals surface area contributed by atoms with Gasteiger partial charge in [-0.1, -0.05) is 35.9 Å². The Hall–Kier alpha value is -2.73. The lowest BCUT2D eigenvalue weighted by Gasteiger charge is -2.32. The van der Waals surface area contributed by atoms with Crippen LogP contribution in [0.25, 0.3) is 0 Å². The highest BCUT2D eigenvalue weighted by Crippen LogP contribution is 2.33. The molecule has 1 aliphatic rings. The summed E-state index contributed by atoms with van der Waals surface area (Å²) < 4.78 is 16.7. The Bertz CT molecular complexity index is 821. The molecule has 0 aromatic heterocycles. The molecule has 0 spiro atoms. The Morgan fingerprint density at radius 3 is 2.62 bits per heavy atom. The van der Waals surface area contributed by atoms with Gasteiger partial charge in [0.2, 0.25) is 0 Å². The second kappa shape index (κ2) is 10.2.